The topological polar surface area (TPSA) is 91.3 Å². The summed E-state index contributed by atoms with van der Waals surface area (Å²) in [5.41, 5.74) is 0.799. The summed E-state index contributed by atoms with van der Waals surface area (Å²) in [4.78, 5) is 24.4. The molecule has 0 spiro atoms. The second kappa shape index (κ2) is 8.93. The molecule has 0 saturated heterocycles. The predicted molar refractivity (Wildman–Crippen MR) is 98.4 cm³/mol. The van der Waals surface area contributed by atoms with Gasteiger partial charge in [0.2, 0.25) is 0 Å². The van der Waals surface area contributed by atoms with E-state index in [1.807, 2.05) is 0 Å². The smallest absolute Gasteiger partial charge is 0.311 e. The molecular formula is C20H22O7. The molecule has 0 aliphatic heterocycles. The molecule has 7 heteroatoms. The number of ether oxygens (including phenoxy) is 4. The van der Waals surface area contributed by atoms with Gasteiger partial charge in [-0.25, -0.2) is 0 Å². The normalized spacial score (nSPS) is 11.4. The molecule has 2 aromatic rings. The Morgan fingerprint density at radius 2 is 1.33 bits per heavy atom. The zero-order valence-corrected chi connectivity index (χ0v) is 15.6. The van der Waals surface area contributed by atoms with Crippen LogP contribution in [0.25, 0.3) is 0 Å². The Morgan fingerprint density at radius 3 is 1.85 bits per heavy atom. The molecule has 27 heavy (non-hydrogen) atoms. The average Bonchev–Trinajstić information content (AvgIpc) is 2.70. The number of Topliss-reactive ketones (excluding diaryl/α,β-unsaturated/α-hetero) is 1. The predicted octanol–water partition coefficient (Wildman–Crippen LogP) is 3.16. The number of methoxy groups -OCH3 is 4. The summed E-state index contributed by atoms with van der Waals surface area (Å²) < 4.78 is 20.7. The molecular weight excluding hydrogens is 352 g/mol. The number of carbonyl (C=O) groups is 2. The van der Waals surface area contributed by atoms with E-state index in [2.05, 4.69) is 0 Å². The number of hydrogen-bond donors (Lipinski definition) is 1. The van der Waals surface area contributed by atoms with Crippen molar-refractivity contribution >= 4 is 11.8 Å². The lowest BCUT2D eigenvalue weighted by Crippen LogP contribution is -2.16. The molecule has 0 aliphatic carbocycles. The third-order valence-corrected chi connectivity index (χ3v) is 4.20. The average molecular weight is 374 g/mol. The minimum atomic E-state index is -1.10. The van der Waals surface area contributed by atoms with E-state index < -0.39 is 11.9 Å². The highest BCUT2D eigenvalue weighted by Gasteiger charge is 2.25. The fourth-order valence-electron chi connectivity index (χ4n) is 2.73. The number of ketones is 1. The van der Waals surface area contributed by atoms with Crippen LogP contribution < -0.4 is 18.9 Å². The maximum Gasteiger partial charge on any atom is 0.311 e. The van der Waals surface area contributed by atoms with Crippen LogP contribution in [-0.2, 0) is 4.79 Å². The van der Waals surface area contributed by atoms with Crippen LogP contribution in [0, 0.1) is 0 Å². The molecule has 0 aliphatic rings. The molecule has 1 N–H and O–H groups in total. The molecule has 144 valence electrons. The van der Waals surface area contributed by atoms with Crippen LogP contribution in [0.2, 0.25) is 0 Å². The van der Waals surface area contributed by atoms with Crippen LogP contribution in [-0.4, -0.2) is 45.3 Å². The van der Waals surface area contributed by atoms with Crippen LogP contribution in [0.1, 0.15) is 28.3 Å². The molecule has 0 unspecified atom stereocenters. The van der Waals surface area contributed by atoms with Crippen molar-refractivity contribution < 1.29 is 33.6 Å². The Labute approximate surface area is 157 Å². The van der Waals surface area contributed by atoms with Crippen LogP contribution in [0.5, 0.6) is 23.0 Å². The highest BCUT2D eigenvalue weighted by atomic mass is 16.5. The maximum atomic E-state index is 12.7. The lowest BCUT2D eigenvalue weighted by atomic mass is 9.91. The molecule has 0 bridgehead atoms. The molecule has 0 saturated carbocycles. The number of benzene rings is 2. The molecule has 0 heterocycles. The van der Waals surface area contributed by atoms with Gasteiger partial charge >= 0.3 is 5.97 Å². The Bertz CT molecular complexity index is 829. The van der Waals surface area contributed by atoms with Crippen molar-refractivity contribution in [2.24, 2.45) is 0 Å². The zero-order chi connectivity index (χ0) is 20.0. The summed E-state index contributed by atoms with van der Waals surface area (Å²) in [7, 11) is 5.92. The Hall–Kier alpha value is -3.22. The fourth-order valence-corrected chi connectivity index (χ4v) is 2.73. The first-order valence-electron chi connectivity index (χ1n) is 8.15. The summed E-state index contributed by atoms with van der Waals surface area (Å²) in [5.74, 6) is -0.666. The molecule has 0 aromatic heterocycles. The number of hydrogen-bond acceptors (Lipinski definition) is 6. The summed E-state index contributed by atoms with van der Waals surface area (Å²) >= 11 is 0. The minimum absolute atomic E-state index is 0.208. The van der Waals surface area contributed by atoms with Crippen LogP contribution in [0.15, 0.2) is 36.4 Å². The van der Waals surface area contributed by atoms with Gasteiger partial charge in [-0.2, -0.15) is 0 Å². The Balaban J connectivity index is 2.31. The summed E-state index contributed by atoms with van der Waals surface area (Å²) in [6.45, 7) is 0. The van der Waals surface area contributed by atoms with Gasteiger partial charge in [-0.05, 0) is 35.9 Å². The van der Waals surface area contributed by atoms with E-state index in [0.29, 0.717) is 34.1 Å². The molecule has 7 nitrogen and oxygen atoms in total. The zero-order valence-electron chi connectivity index (χ0n) is 15.6. The summed E-state index contributed by atoms with van der Waals surface area (Å²) in [5, 5.41) is 9.63. The van der Waals surface area contributed by atoms with Gasteiger partial charge in [0.25, 0.3) is 0 Å². The van der Waals surface area contributed by atoms with Crippen molar-refractivity contribution in [2.75, 3.05) is 28.4 Å². The van der Waals surface area contributed by atoms with Gasteiger partial charge in [0.1, 0.15) is 0 Å². The Kier molecular flexibility index (Phi) is 6.65. The molecule has 0 radical (unpaired) electrons. The van der Waals surface area contributed by atoms with Gasteiger partial charge in [-0.3, -0.25) is 9.59 Å². The lowest BCUT2D eigenvalue weighted by Gasteiger charge is -2.15. The summed E-state index contributed by atoms with van der Waals surface area (Å²) in [6, 6.07) is 9.52. The van der Waals surface area contributed by atoms with Crippen molar-refractivity contribution in [3.8, 4) is 23.0 Å². The van der Waals surface area contributed by atoms with Gasteiger partial charge < -0.3 is 24.1 Å². The highest BCUT2D eigenvalue weighted by Crippen LogP contribution is 2.33. The first-order chi connectivity index (χ1) is 12.9. The summed E-state index contributed by atoms with van der Waals surface area (Å²) in [6.07, 6.45) is -0.208. The second-order valence-corrected chi connectivity index (χ2v) is 5.70. The van der Waals surface area contributed by atoms with E-state index in [1.54, 1.807) is 30.3 Å². The third kappa shape index (κ3) is 4.49. The van der Waals surface area contributed by atoms with Gasteiger partial charge in [0, 0.05) is 12.0 Å². The number of carboxylic acids is 1. The molecule has 2 rings (SSSR count). The Morgan fingerprint density at radius 1 is 0.815 bits per heavy atom. The second-order valence-electron chi connectivity index (χ2n) is 5.70. The van der Waals surface area contributed by atoms with Crippen molar-refractivity contribution in [1.29, 1.82) is 0 Å². The standard InChI is InChI=1S/C20H22O7/c1-24-16-7-5-12(9-18(16)26-3)14(20(22)23)11-15(21)13-6-8-17(25-2)19(10-13)27-4/h5-10,14H,11H2,1-4H3,(H,22,23)/t14-/m1/s1. The largest absolute Gasteiger partial charge is 0.493 e. The van der Waals surface area contributed by atoms with Crippen molar-refractivity contribution in [3.63, 3.8) is 0 Å². The maximum absolute atomic E-state index is 12.7. The number of rotatable bonds is 9. The van der Waals surface area contributed by atoms with E-state index in [4.69, 9.17) is 18.9 Å². The fraction of sp³-hybridized carbons (Fsp3) is 0.300. The van der Waals surface area contributed by atoms with Gasteiger partial charge in [0.15, 0.2) is 28.8 Å². The van der Waals surface area contributed by atoms with Gasteiger partial charge in [-0.15, -0.1) is 0 Å². The molecule has 2 aromatic carbocycles. The van der Waals surface area contributed by atoms with Crippen molar-refractivity contribution in [2.45, 2.75) is 12.3 Å². The van der Waals surface area contributed by atoms with E-state index >= 15 is 0 Å². The van der Waals surface area contributed by atoms with E-state index in [0.717, 1.165) is 0 Å². The van der Waals surface area contributed by atoms with E-state index in [9.17, 15) is 14.7 Å². The number of aliphatic carboxylic acids is 1. The van der Waals surface area contributed by atoms with Crippen LogP contribution in [0.3, 0.4) is 0 Å². The molecule has 0 amide bonds. The third-order valence-electron chi connectivity index (χ3n) is 4.20. The minimum Gasteiger partial charge on any atom is -0.493 e. The van der Waals surface area contributed by atoms with E-state index in [1.165, 1.54) is 34.5 Å². The van der Waals surface area contributed by atoms with Gasteiger partial charge in [-0.1, -0.05) is 6.07 Å². The van der Waals surface area contributed by atoms with E-state index in [-0.39, 0.29) is 12.2 Å². The first-order valence-corrected chi connectivity index (χ1v) is 8.15. The van der Waals surface area contributed by atoms with Crippen LogP contribution in [0.4, 0.5) is 0 Å². The lowest BCUT2D eigenvalue weighted by molar-refractivity contribution is -0.138. The quantitative estimate of drug-likeness (QED) is 0.674. The monoisotopic (exact) mass is 374 g/mol. The SMILES string of the molecule is COc1ccc(C(=O)C[C@@H](C(=O)O)c2ccc(OC)c(OC)c2)cc1OC. The highest BCUT2D eigenvalue weighted by molar-refractivity contribution is 5.99. The molecule has 0 fully saturated rings. The number of carbonyl (C=O) groups excluding carboxylic acids is 1. The number of carboxylic acid groups (broad SMARTS) is 1. The van der Waals surface area contributed by atoms with Crippen molar-refractivity contribution in [3.05, 3.63) is 47.5 Å². The first kappa shape index (κ1) is 20.1. The van der Waals surface area contributed by atoms with Gasteiger partial charge in [0.05, 0.1) is 34.4 Å². The van der Waals surface area contributed by atoms with Crippen LogP contribution >= 0.6 is 0 Å². The van der Waals surface area contributed by atoms with Crippen molar-refractivity contribution in [1.82, 2.24) is 0 Å². The molecule has 1 atom stereocenters.